The average molecular weight is 537 g/mol. The summed E-state index contributed by atoms with van der Waals surface area (Å²) in [5.74, 6) is 1.47. The van der Waals surface area contributed by atoms with Gasteiger partial charge in [-0.2, -0.15) is 13.2 Å². The van der Waals surface area contributed by atoms with Crippen molar-refractivity contribution in [3.05, 3.63) is 90.3 Å². The van der Waals surface area contributed by atoms with Gasteiger partial charge in [0.2, 0.25) is 0 Å². The highest BCUT2D eigenvalue weighted by Crippen LogP contribution is 2.34. The van der Waals surface area contributed by atoms with E-state index in [0.29, 0.717) is 46.0 Å². The van der Waals surface area contributed by atoms with Gasteiger partial charge in [-0.05, 0) is 68.7 Å². The number of methoxy groups -OCH3 is 1. The van der Waals surface area contributed by atoms with Crippen LogP contribution in [0.1, 0.15) is 11.1 Å². The van der Waals surface area contributed by atoms with Crippen molar-refractivity contribution < 1.29 is 27.4 Å². The van der Waals surface area contributed by atoms with Crippen LogP contribution in [0.4, 0.5) is 24.7 Å². The van der Waals surface area contributed by atoms with E-state index in [1.807, 2.05) is 31.1 Å². The van der Waals surface area contributed by atoms with Crippen LogP contribution < -0.4 is 14.8 Å². The van der Waals surface area contributed by atoms with Crippen molar-refractivity contribution in [3.8, 4) is 17.2 Å². The number of likely N-dealkylation sites (N-methyl/N-ethyl adjacent to an activating group) is 1. The minimum Gasteiger partial charge on any atom is -0.496 e. The molecule has 1 aromatic heterocycles. The Balaban J connectivity index is 1.53. The van der Waals surface area contributed by atoms with Gasteiger partial charge in [0.25, 0.3) is 0 Å². The number of nitrogens with one attached hydrogen (secondary N) is 1. The van der Waals surface area contributed by atoms with Gasteiger partial charge in [0.15, 0.2) is 5.78 Å². The molecular weight excluding hydrogens is 509 g/mol. The number of nitrogens with zero attached hydrogens (tertiary/aromatic N) is 3. The lowest BCUT2D eigenvalue weighted by molar-refractivity contribution is -0.137. The Morgan fingerprint density at radius 1 is 1.03 bits per heavy atom. The Labute approximate surface area is 223 Å². The van der Waals surface area contributed by atoms with E-state index < -0.39 is 11.7 Å². The lowest BCUT2D eigenvalue weighted by Crippen LogP contribution is -2.11. The topological polar surface area (TPSA) is 76.6 Å². The third-order valence-electron chi connectivity index (χ3n) is 5.69. The number of benzene rings is 3. The zero-order chi connectivity index (χ0) is 28.0. The normalized spacial score (nSPS) is 11.8. The first kappa shape index (κ1) is 27.6. The van der Waals surface area contributed by atoms with Crippen molar-refractivity contribution in [2.45, 2.75) is 12.6 Å². The van der Waals surface area contributed by atoms with E-state index >= 15 is 0 Å². The highest BCUT2D eigenvalue weighted by atomic mass is 19.4. The first-order valence-electron chi connectivity index (χ1n) is 12.0. The number of allylic oxidation sites excluding steroid dienone is 1. The summed E-state index contributed by atoms with van der Waals surface area (Å²) in [6.07, 6.45) is 0.496. The summed E-state index contributed by atoms with van der Waals surface area (Å²) in [6.45, 7) is 0.659. The molecule has 0 aliphatic carbocycles. The molecule has 0 saturated carbocycles. The molecule has 202 valence electrons. The summed E-state index contributed by atoms with van der Waals surface area (Å²) in [5, 5.41) is 3.93. The number of fused-ring (bicyclic) bond motifs is 1. The van der Waals surface area contributed by atoms with Gasteiger partial charge in [-0.1, -0.05) is 12.1 Å². The second kappa shape index (κ2) is 12.0. The number of hydrogen-bond donors (Lipinski definition) is 1. The zero-order valence-corrected chi connectivity index (χ0v) is 21.6. The molecule has 0 amide bonds. The maximum atomic E-state index is 13.0. The van der Waals surface area contributed by atoms with Crippen LogP contribution in [-0.4, -0.2) is 48.4 Å². The van der Waals surface area contributed by atoms with Gasteiger partial charge in [0.05, 0.1) is 18.2 Å². The summed E-state index contributed by atoms with van der Waals surface area (Å²) in [7, 11) is 5.39. The molecule has 0 atom stereocenters. The Kier molecular flexibility index (Phi) is 8.46. The smallest absolute Gasteiger partial charge is 0.416 e. The number of ketones is 1. The van der Waals surface area contributed by atoms with E-state index in [1.165, 1.54) is 18.5 Å². The fourth-order valence-corrected chi connectivity index (χ4v) is 3.81. The molecule has 0 aliphatic heterocycles. The predicted octanol–water partition coefficient (Wildman–Crippen LogP) is 6.42. The monoisotopic (exact) mass is 536 g/mol. The number of anilines is 2. The number of hydrogen-bond acceptors (Lipinski definition) is 7. The van der Waals surface area contributed by atoms with Crippen molar-refractivity contribution in [1.82, 2.24) is 14.9 Å². The highest BCUT2D eigenvalue weighted by molar-refractivity contribution is 5.96. The fourth-order valence-electron chi connectivity index (χ4n) is 3.81. The molecule has 7 nitrogen and oxygen atoms in total. The third kappa shape index (κ3) is 7.32. The standard InChI is InChI=1S/C29H27F3N4O3/c1-36(2)13-5-7-22(37)14-19-15-25-26(17-27(19)38-3)33-18-34-28(25)35-21-9-11-23(12-10-21)39-24-8-4-6-20(16-24)29(30,31)32/h4-12,15-18H,13-14H2,1-3H3,(H,33,34,35)/b7-5+. The summed E-state index contributed by atoms with van der Waals surface area (Å²) in [4.78, 5) is 23.2. The van der Waals surface area contributed by atoms with Gasteiger partial charge >= 0.3 is 6.18 Å². The first-order valence-corrected chi connectivity index (χ1v) is 12.0. The van der Waals surface area contributed by atoms with Crippen LogP contribution in [0, 0.1) is 0 Å². The molecule has 39 heavy (non-hydrogen) atoms. The number of carbonyl (C=O) groups excluding carboxylic acids is 1. The molecule has 0 fully saturated rings. The number of rotatable bonds is 10. The summed E-state index contributed by atoms with van der Waals surface area (Å²) >= 11 is 0. The molecule has 1 heterocycles. The van der Waals surface area contributed by atoms with Gasteiger partial charge in [-0.25, -0.2) is 9.97 Å². The molecule has 10 heteroatoms. The molecule has 0 unspecified atom stereocenters. The largest absolute Gasteiger partial charge is 0.496 e. The van der Waals surface area contributed by atoms with Crippen LogP contribution in [0.5, 0.6) is 17.2 Å². The number of halogens is 3. The minimum atomic E-state index is -4.45. The number of ether oxygens (including phenoxy) is 2. The quantitative estimate of drug-likeness (QED) is 0.234. The Hall–Kier alpha value is -4.44. The second-order valence-electron chi connectivity index (χ2n) is 8.99. The van der Waals surface area contributed by atoms with Gasteiger partial charge < -0.3 is 19.7 Å². The Bertz CT molecular complexity index is 1490. The number of alkyl halides is 3. The summed E-state index contributed by atoms with van der Waals surface area (Å²) in [5.41, 5.74) is 1.23. The van der Waals surface area contributed by atoms with Crippen LogP contribution in [0.15, 0.2) is 79.1 Å². The molecule has 0 bridgehead atoms. The van der Waals surface area contributed by atoms with Gasteiger partial charge in [0, 0.05) is 35.7 Å². The van der Waals surface area contributed by atoms with Crippen LogP contribution in [0.25, 0.3) is 10.9 Å². The summed E-state index contributed by atoms with van der Waals surface area (Å²) in [6, 6.07) is 15.0. The zero-order valence-electron chi connectivity index (χ0n) is 21.6. The van der Waals surface area contributed by atoms with Crippen molar-refractivity contribution >= 4 is 28.2 Å². The van der Waals surface area contributed by atoms with Gasteiger partial charge in [0.1, 0.15) is 29.4 Å². The number of carbonyl (C=O) groups is 1. The Morgan fingerprint density at radius 3 is 2.49 bits per heavy atom. The van der Waals surface area contributed by atoms with E-state index in [4.69, 9.17) is 9.47 Å². The molecule has 0 saturated heterocycles. The molecule has 3 aromatic carbocycles. The third-order valence-corrected chi connectivity index (χ3v) is 5.69. The second-order valence-corrected chi connectivity index (χ2v) is 8.99. The van der Waals surface area contributed by atoms with E-state index in [1.54, 1.807) is 43.5 Å². The van der Waals surface area contributed by atoms with Crippen molar-refractivity contribution in [2.24, 2.45) is 0 Å². The molecule has 0 radical (unpaired) electrons. The molecule has 0 spiro atoms. The number of aromatic nitrogens is 2. The maximum absolute atomic E-state index is 13.0. The van der Waals surface area contributed by atoms with Crippen LogP contribution >= 0.6 is 0 Å². The van der Waals surface area contributed by atoms with Crippen molar-refractivity contribution in [1.29, 1.82) is 0 Å². The predicted molar refractivity (Wildman–Crippen MR) is 144 cm³/mol. The Morgan fingerprint density at radius 2 is 1.79 bits per heavy atom. The van der Waals surface area contributed by atoms with Gasteiger partial charge in [-0.3, -0.25) is 4.79 Å². The molecule has 4 rings (SSSR count). The summed E-state index contributed by atoms with van der Waals surface area (Å²) < 4.78 is 50.0. The molecule has 4 aromatic rings. The van der Waals surface area contributed by atoms with E-state index in [9.17, 15) is 18.0 Å². The van der Waals surface area contributed by atoms with Crippen molar-refractivity contribution in [2.75, 3.05) is 33.1 Å². The molecule has 1 N–H and O–H groups in total. The SMILES string of the molecule is COc1cc2ncnc(Nc3ccc(Oc4cccc(C(F)(F)F)c4)cc3)c2cc1CC(=O)/C=C/CN(C)C. The van der Waals surface area contributed by atoms with Crippen LogP contribution in [0.3, 0.4) is 0 Å². The minimum absolute atomic E-state index is 0.0581. The molecule has 0 aliphatic rings. The average Bonchev–Trinajstić information content (AvgIpc) is 2.89. The highest BCUT2D eigenvalue weighted by Gasteiger charge is 2.30. The lowest BCUT2D eigenvalue weighted by atomic mass is 10.0. The van der Waals surface area contributed by atoms with E-state index in [2.05, 4.69) is 15.3 Å². The van der Waals surface area contributed by atoms with Crippen LogP contribution in [0.2, 0.25) is 0 Å². The fraction of sp³-hybridized carbons (Fsp3) is 0.207. The van der Waals surface area contributed by atoms with E-state index in [-0.39, 0.29) is 18.0 Å². The van der Waals surface area contributed by atoms with Crippen LogP contribution in [-0.2, 0) is 17.4 Å². The van der Waals surface area contributed by atoms with E-state index in [0.717, 1.165) is 12.1 Å². The van der Waals surface area contributed by atoms with Crippen molar-refractivity contribution in [3.63, 3.8) is 0 Å². The maximum Gasteiger partial charge on any atom is 0.416 e. The molecular formula is C29H27F3N4O3. The van der Waals surface area contributed by atoms with Gasteiger partial charge in [-0.15, -0.1) is 0 Å². The lowest BCUT2D eigenvalue weighted by Gasteiger charge is -2.13. The first-order chi connectivity index (χ1) is 18.6.